The molecule has 7 heteroatoms. The van der Waals surface area contributed by atoms with Crippen molar-refractivity contribution in [3.8, 4) is 11.3 Å². The third kappa shape index (κ3) is 3.81. The van der Waals surface area contributed by atoms with Crippen molar-refractivity contribution in [1.29, 1.82) is 0 Å². The molecule has 0 aliphatic heterocycles. The van der Waals surface area contributed by atoms with E-state index in [0.29, 0.717) is 17.8 Å². The molecule has 0 saturated carbocycles. The molecule has 0 atom stereocenters. The van der Waals surface area contributed by atoms with Crippen molar-refractivity contribution in [3.05, 3.63) is 40.5 Å². The van der Waals surface area contributed by atoms with Crippen LogP contribution in [0.2, 0.25) is 5.02 Å². The highest BCUT2D eigenvalue weighted by Crippen LogP contribution is 2.37. The molecule has 0 saturated heterocycles. The maximum atomic E-state index is 13.0. The maximum Gasteiger partial charge on any atom is 0.417 e. The number of rotatable bonds is 5. The topological polar surface area (TPSA) is 31.9 Å². The zero-order valence-corrected chi connectivity index (χ0v) is 13.1. The Kier molecular flexibility index (Phi) is 5.13. The molecule has 0 radical (unpaired) electrons. The lowest BCUT2D eigenvalue weighted by Crippen LogP contribution is -2.18. The van der Waals surface area contributed by atoms with Crippen LogP contribution in [0.15, 0.2) is 24.4 Å². The van der Waals surface area contributed by atoms with Crippen LogP contribution in [0.1, 0.15) is 24.5 Å². The van der Waals surface area contributed by atoms with Crippen LogP contribution in [0.25, 0.3) is 11.3 Å². The second-order valence-electron chi connectivity index (χ2n) is 5.20. The summed E-state index contributed by atoms with van der Waals surface area (Å²) in [6.07, 6.45) is -1.83. The van der Waals surface area contributed by atoms with E-state index in [1.165, 1.54) is 6.07 Å². The number of H-pyrrole nitrogens is 1. The van der Waals surface area contributed by atoms with Gasteiger partial charge in [0, 0.05) is 17.7 Å². The first-order valence-electron chi connectivity index (χ1n) is 6.90. The summed E-state index contributed by atoms with van der Waals surface area (Å²) in [6.45, 7) is 3.59. The van der Waals surface area contributed by atoms with Crippen molar-refractivity contribution in [3.63, 3.8) is 0 Å². The Hall–Kier alpha value is -1.53. The third-order valence-corrected chi connectivity index (χ3v) is 3.65. The van der Waals surface area contributed by atoms with E-state index < -0.39 is 11.7 Å². The molecule has 2 rings (SSSR count). The van der Waals surface area contributed by atoms with Crippen LogP contribution in [-0.4, -0.2) is 28.7 Å². The minimum Gasteiger partial charge on any atom is -0.302 e. The van der Waals surface area contributed by atoms with Crippen molar-refractivity contribution >= 4 is 11.6 Å². The van der Waals surface area contributed by atoms with Crippen LogP contribution in [-0.2, 0) is 12.7 Å². The Morgan fingerprint density at radius 1 is 1.32 bits per heavy atom. The fourth-order valence-corrected chi connectivity index (χ4v) is 2.56. The molecule has 0 aliphatic carbocycles. The summed E-state index contributed by atoms with van der Waals surface area (Å²) in [5.41, 5.74) is 1.03. The summed E-state index contributed by atoms with van der Waals surface area (Å²) < 4.78 is 38.9. The normalized spacial score (nSPS) is 12.1. The highest BCUT2D eigenvalue weighted by Gasteiger charge is 2.33. The molecular weight excluding hydrogens is 315 g/mol. The lowest BCUT2D eigenvalue weighted by Gasteiger charge is -2.16. The monoisotopic (exact) mass is 331 g/mol. The fourth-order valence-electron chi connectivity index (χ4n) is 2.33. The van der Waals surface area contributed by atoms with Gasteiger partial charge in [-0.25, -0.2) is 0 Å². The minimum atomic E-state index is -4.48. The molecule has 22 heavy (non-hydrogen) atoms. The molecule has 0 amide bonds. The highest BCUT2D eigenvalue weighted by atomic mass is 35.5. The van der Waals surface area contributed by atoms with Crippen LogP contribution in [0.4, 0.5) is 13.2 Å². The predicted octanol–water partition coefficient (Wildman–Crippen LogP) is 4.59. The molecule has 0 bridgehead atoms. The molecule has 120 valence electrons. The van der Waals surface area contributed by atoms with Gasteiger partial charge in [-0.3, -0.25) is 5.10 Å². The van der Waals surface area contributed by atoms with Gasteiger partial charge in [0.25, 0.3) is 0 Å². The van der Waals surface area contributed by atoms with Gasteiger partial charge in [0.05, 0.1) is 22.5 Å². The Morgan fingerprint density at radius 3 is 2.68 bits per heavy atom. The number of benzene rings is 1. The van der Waals surface area contributed by atoms with Crippen LogP contribution in [0, 0.1) is 0 Å². The second kappa shape index (κ2) is 6.71. The quantitative estimate of drug-likeness (QED) is 0.869. The fraction of sp³-hybridized carbons (Fsp3) is 0.400. The number of aromatic nitrogens is 2. The standard InChI is InChI=1S/C15H17ClF3N3/c1-3-6-22(2)9-11-8-20-21-14(11)10-4-5-13(16)12(7-10)15(17,18)19/h4-5,7-8H,3,6,9H2,1-2H3,(H,20,21). The molecule has 0 fully saturated rings. The number of halogens is 4. The molecule has 1 aromatic heterocycles. The Bertz CT molecular complexity index is 637. The van der Waals surface area contributed by atoms with E-state index in [1.54, 1.807) is 12.3 Å². The van der Waals surface area contributed by atoms with Gasteiger partial charge in [-0.2, -0.15) is 18.3 Å². The van der Waals surface area contributed by atoms with Crippen molar-refractivity contribution in [2.24, 2.45) is 0 Å². The summed E-state index contributed by atoms with van der Waals surface area (Å²) in [4.78, 5) is 2.09. The SMILES string of the molecule is CCCN(C)Cc1cn[nH]c1-c1ccc(Cl)c(C(F)(F)F)c1. The largest absolute Gasteiger partial charge is 0.417 e. The average Bonchev–Trinajstić information content (AvgIpc) is 2.86. The van der Waals surface area contributed by atoms with Gasteiger partial charge in [0.1, 0.15) is 0 Å². The van der Waals surface area contributed by atoms with E-state index in [2.05, 4.69) is 22.0 Å². The first-order chi connectivity index (χ1) is 10.3. The Morgan fingerprint density at radius 2 is 2.05 bits per heavy atom. The van der Waals surface area contributed by atoms with E-state index in [0.717, 1.165) is 24.6 Å². The molecule has 2 aromatic rings. The summed E-state index contributed by atoms with van der Waals surface area (Å²) in [5.74, 6) is 0. The lowest BCUT2D eigenvalue weighted by molar-refractivity contribution is -0.137. The van der Waals surface area contributed by atoms with Crippen molar-refractivity contribution in [2.75, 3.05) is 13.6 Å². The molecule has 1 aromatic carbocycles. The first-order valence-corrected chi connectivity index (χ1v) is 7.28. The van der Waals surface area contributed by atoms with Gasteiger partial charge in [0.2, 0.25) is 0 Å². The van der Waals surface area contributed by atoms with Gasteiger partial charge in [-0.05, 0) is 32.1 Å². The van der Waals surface area contributed by atoms with Crippen molar-refractivity contribution in [1.82, 2.24) is 15.1 Å². The molecule has 1 heterocycles. The van der Waals surface area contributed by atoms with E-state index >= 15 is 0 Å². The molecule has 3 nitrogen and oxygen atoms in total. The first kappa shape index (κ1) is 16.8. The van der Waals surface area contributed by atoms with E-state index in [9.17, 15) is 13.2 Å². The van der Waals surface area contributed by atoms with Crippen molar-refractivity contribution < 1.29 is 13.2 Å². The lowest BCUT2D eigenvalue weighted by atomic mass is 10.0. The minimum absolute atomic E-state index is 0.305. The number of alkyl halides is 3. The molecular formula is C15H17ClF3N3. The number of nitrogens with zero attached hydrogens (tertiary/aromatic N) is 2. The van der Waals surface area contributed by atoms with Crippen LogP contribution in [0.3, 0.4) is 0 Å². The van der Waals surface area contributed by atoms with E-state index in [-0.39, 0.29) is 5.02 Å². The number of nitrogens with one attached hydrogen (secondary N) is 1. The summed E-state index contributed by atoms with van der Waals surface area (Å²) in [5, 5.41) is 6.44. The van der Waals surface area contributed by atoms with Crippen LogP contribution >= 0.6 is 11.6 Å². The van der Waals surface area contributed by atoms with Gasteiger partial charge in [-0.15, -0.1) is 0 Å². The number of hydrogen-bond acceptors (Lipinski definition) is 2. The summed E-state index contributed by atoms with van der Waals surface area (Å²) in [6, 6.07) is 3.88. The zero-order valence-electron chi connectivity index (χ0n) is 12.3. The van der Waals surface area contributed by atoms with Gasteiger partial charge in [0.15, 0.2) is 0 Å². The molecule has 0 aliphatic rings. The van der Waals surface area contributed by atoms with Crippen LogP contribution < -0.4 is 0 Å². The Labute approximate surface area is 132 Å². The van der Waals surface area contributed by atoms with Gasteiger partial charge in [-0.1, -0.05) is 24.6 Å². The summed E-state index contributed by atoms with van der Waals surface area (Å²) >= 11 is 5.65. The van der Waals surface area contributed by atoms with Crippen LogP contribution in [0.5, 0.6) is 0 Å². The Balaban J connectivity index is 2.35. The zero-order chi connectivity index (χ0) is 16.3. The van der Waals surface area contributed by atoms with Gasteiger partial charge >= 0.3 is 6.18 Å². The second-order valence-corrected chi connectivity index (χ2v) is 5.61. The predicted molar refractivity (Wildman–Crippen MR) is 80.7 cm³/mol. The van der Waals surface area contributed by atoms with Gasteiger partial charge < -0.3 is 4.90 Å². The maximum absolute atomic E-state index is 13.0. The van der Waals surface area contributed by atoms with E-state index in [4.69, 9.17) is 11.6 Å². The summed E-state index contributed by atoms with van der Waals surface area (Å²) in [7, 11) is 1.96. The molecule has 0 spiro atoms. The number of aromatic amines is 1. The molecule has 1 N–H and O–H groups in total. The smallest absolute Gasteiger partial charge is 0.302 e. The van der Waals surface area contributed by atoms with Crippen molar-refractivity contribution in [2.45, 2.75) is 26.1 Å². The highest BCUT2D eigenvalue weighted by molar-refractivity contribution is 6.31. The van der Waals surface area contributed by atoms with E-state index in [1.807, 2.05) is 7.05 Å². The number of hydrogen-bond donors (Lipinski definition) is 1. The third-order valence-electron chi connectivity index (χ3n) is 3.32. The molecule has 0 unspecified atom stereocenters. The average molecular weight is 332 g/mol.